The summed E-state index contributed by atoms with van der Waals surface area (Å²) in [5.41, 5.74) is 2.14. The standard InChI is InChI=1S/C18H20N2O/c1-2-4-14(5-3-1)17-7-6-16(12-19-17)21-18-13-20-10-8-15(18)9-11-20/h1-7,12,15,18H,8-11,13H2/t18-/m0/s1. The lowest BCUT2D eigenvalue weighted by molar-refractivity contribution is -0.00791. The van der Waals surface area contributed by atoms with E-state index in [-0.39, 0.29) is 0 Å². The molecule has 0 saturated carbocycles. The highest BCUT2D eigenvalue weighted by atomic mass is 16.5. The summed E-state index contributed by atoms with van der Waals surface area (Å²) in [6, 6.07) is 14.4. The molecule has 0 aliphatic carbocycles. The minimum Gasteiger partial charge on any atom is -0.487 e. The SMILES string of the molecule is c1ccc(-c2ccc(O[C@H]3CN4CCC3CC4)cn2)cc1. The van der Waals surface area contributed by atoms with Crippen molar-refractivity contribution in [1.29, 1.82) is 0 Å². The number of piperidine rings is 3. The first kappa shape index (κ1) is 12.8. The Morgan fingerprint density at radius 2 is 1.81 bits per heavy atom. The summed E-state index contributed by atoms with van der Waals surface area (Å²) >= 11 is 0. The second-order valence-corrected chi connectivity index (χ2v) is 6.04. The first-order valence-electron chi connectivity index (χ1n) is 7.79. The maximum Gasteiger partial charge on any atom is 0.138 e. The van der Waals surface area contributed by atoms with Gasteiger partial charge in [-0.05, 0) is 44.0 Å². The molecule has 108 valence electrons. The van der Waals surface area contributed by atoms with Gasteiger partial charge in [-0.3, -0.25) is 9.88 Å². The second kappa shape index (κ2) is 5.49. The Hall–Kier alpha value is -1.87. The number of benzene rings is 1. The number of nitrogens with zero attached hydrogens (tertiary/aromatic N) is 2. The molecule has 0 unspecified atom stereocenters. The van der Waals surface area contributed by atoms with Gasteiger partial charge >= 0.3 is 0 Å². The van der Waals surface area contributed by atoms with Crippen molar-refractivity contribution in [3.8, 4) is 17.0 Å². The Morgan fingerprint density at radius 1 is 1.00 bits per heavy atom. The van der Waals surface area contributed by atoms with E-state index >= 15 is 0 Å². The zero-order valence-corrected chi connectivity index (χ0v) is 12.1. The van der Waals surface area contributed by atoms with Crippen LogP contribution in [0.4, 0.5) is 0 Å². The molecule has 21 heavy (non-hydrogen) atoms. The van der Waals surface area contributed by atoms with E-state index in [4.69, 9.17) is 4.74 Å². The highest BCUT2D eigenvalue weighted by Crippen LogP contribution is 2.30. The van der Waals surface area contributed by atoms with Crippen molar-refractivity contribution in [1.82, 2.24) is 9.88 Å². The van der Waals surface area contributed by atoms with Crippen LogP contribution in [0.5, 0.6) is 5.75 Å². The first-order valence-corrected chi connectivity index (χ1v) is 7.79. The fourth-order valence-corrected chi connectivity index (χ4v) is 3.45. The topological polar surface area (TPSA) is 25.4 Å². The third-order valence-electron chi connectivity index (χ3n) is 4.69. The van der Waals surface area contributed by atoms with Crippen LogP contribution in [0.25, 0.3) is 11.3 Å². The molecule has 1 aromatic carbocycles. The van der Waals surface area contributed by atoms with E-state index in [1.54, 1.807) is 0 Å². The summed E-state index contributed by atoms with van der Waals surface area (Å²) in [5, 5.41) is 0. The zero-order valence-electron chi connectivity index (χ0n) is 12.1. The van der Waals surface area contributed by atoms with Crippen molar-refractivity contribution in [3.05, 3.63) is 48.7 Å². The Morgan fingerprint density at radius 3 is 2.43 bits per heavy atom. The fraction of sp³-hybridized carbons (Fsp3) is 0.389. The molecule has 3 aliphatic heterocycles. The molecule has 3 saturated heterocycles. The Labute approximate surface area is 125 Å². The highest BCUT2D eigenvalue weighted by molar-refractivity contribution is 5.59. The van der Waals surface area contributed by atoms with Crippen LogP contribution in [0.2, 0.25) is 0 Å². The van der Waals surface area contributed by atoms with Crippen LogP contribution in [0.3, 0.4) is 0 Å². The number of hydrogen-bond acceptors (Lipinski definition) is 3. The highest BCUT2D eigenvalue weighted by Gasteiger charge is 2.35. The van der Waals surface area contributed by atoms with E-state index in [1.165, 1.54) is 25.9 Å². The van der Waals surface area contributed by atoms with Gasteiger partial charge < -0.3 is 4.74 Å². The van der Waals surface area contributed by atoms with E-state index < -0.39 is 0 Å². The summed E-state index contributed by atoms with van der Waals surface area (Å²) in [4.78, 5) is 7.05. The zero-order chi connectivity index (χ0) is 14.1. The summed E-state index contributed by atoms with van der Waals surface area (Å²) in [6.45, 7) is 3.57. The number of fused-ring (bicyclic) bond motifs is 3. The van der Waals surface area contributed by atoms with Crippen LogP contribution >= 0.6 is 0 Å². The first-order chi connectivity index (χ1) is 10.4. The third-order valence-corrected chi connectivity index (χ3v) is 4.69. The van der Waals surface area contributed by atoms with Gasteiger partial charge in [0.25, 0.3) is 0 Å². The average molecular weight is 280 g/mol. The van der Waals surface area contributed by atoms with Crippen LogP contribution in [0.15, 0.2) is 48.7 Å². The van der Waals surface area contributed by atoms with Crippen LogP contribution in [0, 0.1) is 5.92 Å². The van der Waals surface area contributed by atoms with Crippen LogP contribution in [-0.4, -0.2) is 35.6 Å². The molecular formula is C18H20N2O. The average Bonchev–Trinajstić information content (AvgIpc) is 2.57. The minimum atomic E-state index is 0.344. The van der Waals surface area contributed by atoms with E-state index in [0.717, 1.165) is 29.5 Å². The Balaban J connectivity index is 1.47. The molecule has 2 aromatic rings. The quantitative estimate of drug-likeness (QED) is 0.863. The molecule has 3 heteroatoms. The van der Waals surface area contributed by atoms with E-state index in [2.05, 4.69) is 22.0 Å². The number of rotatable bonds is 3. The van der Waals surface area contributed by atoms with Crippen molar-refractivity contribution in [2.75, 3.05) is 19.6 Å². The minimum absolute atomic E-state index is 0.344. The number of hydrogen-bond donors (Lipinski definition) is 0. The normalized spacial score (nSPS) is 27.5. The van der Waals surface area contributed by atoms with Crippen molar-refractivity contribution in [3.63, 3.8) is 0 Å². The van der Waals surface area contributed by atoms with Crippen LogP contribution in [-0.2, 0) is 0 Å². The van der Waals surface area contributed by atoms with Gasteiger partial charge in [0.2, 0.25) is 0 Å². The molecule has 3 aliphatic rings. The summed E-state index contributed by atoms with van der Waals surface area (Å²) in [7, 11) is 0. The molecule has 0 spiro atoms. The van der Waals surface area contributed by atoms with Gasteiger partial charge in [-0.2, -0.15) is 0 Å². The Bertz CT molecular complexity index is 588. The number of ether oxygens (including phenoxy) is 1. The van der Waals surface area contributed by atoms with Gasteiger partial charge in [0.15, 0.2) is 0 Å². The maximum atomic E-state index is 6.18. The molecule has 0 amide bonds. The number of aromatic nitrogens is 1. The maximum absolute atomic E-state index is 6.18. The molecule has 0 N–H and O–H groups in total. The van der Waals surface area contributed by atoms with Gasteiger partial charge in [-0.25, -0.2) is 0 Å². The van der Waals surface area contributed by atoms with Crippen molar-refractivity contribution >= 4 is 0 Å². The monoisotopic (exact) mass is 280 g/mol. The molecular weight excluding hydrogens is 260 g/mol. The lowest BCUT2D eigenvalue weighted by Crippen LogP contribution is -2.52. The van der Waals surface area contributed by atoms with E-state index in [9.17, 15) is 0 Å². The van der Waals surface area contributed by atoms with E-state index in [0.29, 0.717) is 6.10 Å². The summed E-state index contributed by atoms with van der Waals surface area (Å²) < 4.78 is 6.18. The predicted molar refractivity (Wildman–Crippen MR) is 83.3 cm³/mol. The lowest BCUT2D eigenvalue weighted by Gasteiger charge is -2.44. The number of pyridine rings is 1. The van der Waals surface area contributed by atoms with Crippen LogP contribution < -0.4 is 4.74 Å². The van der Waals surface area contributed by atoms with Gasteiger partial charge in [0.1, 0.15) is 11.9 Å². The second-order valence-electron chi connectivity index (χ2n) is 6.04. The third kappa shape index (κ3) is 2.66. The Kier molecular flexibility index (Phi) is 3.36. The molecule has 1 aromatic heterocycles. The molecule has 3 nitrogen and oxygen atoms in total. The lowest BCUT2D eigenvalue weighted by atomic mass is 9.86. The molecule has 1 atom stereocenters. The van der Waals surface area contributed by atoms with Gasteiger partial charge in [0, 0.05) is 12.1 Å². The summed E-state index contributed by atoms with van der Waals surface area (Å²) in [6.07, 6.45) is 4.76. The molecule has 3 fully saturated rings. The van der Waals surface area contributed by atoms with Crippen molar-refractivity contribution < 1.29 is 4.74 Å². The molecule has 0 radical (unpaired) electrons. The van der Waals surface area contributed by atoms with Crippen molar-refractivity contribution in [2.45, 2.75) is 18.9 Å². The molecule has 4 heterocycles. The van der Waals surface area contributed by atoms with E-state index in [1.807, 2.05) is 36.5 Å². The van der Waals surface area contributed by atoms with Crippen molar-refractivity contribution in [2.24, 2.45) is 5.92 Å². The summed E-state index contributed by atoms with van der Waals surface area (Å²) in [5.74, 6) is 1.62. The van der Waals surface area contributed by atoms with Gasteiger partial charge in [0.05, 0.1) is 11.9 Å². The van der Waals surface area contributed by atoms with Gasteiger partial charge in [-0.15, -0.1) is 0 Å². The molecule has 5 rings (SSSR count). The largest absolute Gasteiger partial charge is 0.487 e. The predicted octanol–water partition coefficient (Wildman–Crippen LogP) is 3.22. The smallest absolute Gasteiger partial charge is 0.138 e. The van der Waals surface area contributed by atoms with Crippen LogP contribution in [0.1, 0.15) is 12.8 Å². The molecule has 2 bridgehead atoms. The van der Waals surface area contributed by atoms with Gasteiger partial charge in [-0.1, -0.05) is 30.3 Å². The fourth-order valence-electron chi connectivity index (χ4n) is 3.45.